The Morgan fingerprint density at radius 3 is 1.66 bits per heavy atom. The van der Waals surface area contributed by atoms with Gasteiger partial charge in [-0.15, -0.1) is 0 Å². The number of aromatic nitrogens is 4. The molecule has 2 aliphatic carbocycles. The van der Waals surface area contributed by atoms with E-state index in [4.69, 9.17) is 15.0 Å². The van der Waals surface area contributed by atoms with Crippen LogP contribution in [0, 0.1) is 11.3 Å². The van der Waals surface area contributed by atoms with Crippen LogP contribution in [0.3, 0.4) is 0 Å². The Morgan fingerprint density at radius 1 is 0.397 bits per heavy atom. The van der Waals surface area contributed by atoms with Crippen molar-refractivity contribution in [1.29, 1.82) is 5.26 Å². The van der Waals surface area contributed by atoms with E-state index in [2.05, 4.69) is 132 Å². The molecule has 1 spiro atoms. The van der Waals surface area contributed by atoms with E-state index in [1.807, 2.05) is 66.7 Å². The molecule has 10 aromatic rings. The van der Waals surface area contributed by atoms with Gasteiger partial charge in [0.05, 0.1) is 28.1 Å². The summed E-state index contributed by atoms with van der Waals surface area (Å²) < 4.78 is 2.23. The van der Waals surface area contributed by atoms with Gasteiger partial charge >= 0.3 is 0 Å². The van der Waals surface area contributed by atoms with E-state index in [1.165, 1.54) is 44.5 Å². The molecule has 12 rings (SSSR count). The lowest BCUT2D eigenvalue weighted by Crippen LogP contribution is -2.25. The Kier molecular flexibility index (Phi) is 6.84. The van der Waals surface area contributed by atoms with Gasteiger partial charge in [0.25, 0.3) is 0 Å². The number of nitriles is 1. The summed E-state index contributed by atoms with van der Waals surface area (Å²) in [6.07, 6.45) is 0. The van der Waals surface area contributed by atoms with Gasteiger partial charge in [0.2, 0.25) is 5.95 Å². The SMILES string of the molecule is N#Cc1cccc(-c2cccc(-c3nc(-c4ccccc4)nc(-n4c5ccccc5c5cc6c(cc54)C4(c5ccccc5-c5ccccc54)c4ccccc4-6)n3)c2)c1. The molecule has 2 heterocycles. The van der Waals surface area contributed by atoms with Gasteiger partial charge in [0, 0.05) is 21.9 Å². The minimum atomic E-state index is -0.489. The molecule has 0 saturated carbocycles. The largest absolute Gasteiger partial charge is 0.278 e. The summed E-state index contributed by atoms with van der Waals surface area (Å²) in [6.45, 7) is 0. The molecule has 0 amide bonds. The maximum Gasteiger partial charge on any atom is 0.238 e. The molecule has 0 fully saturated rings. The Morgan fingerprint density at radius 2 is 0.948 bits per heavy atom. The van der Waals surface area contributed by atoms with E-state index in [-0.39, 0.29) is 0 Å². The molecule has 0 atom stereocenters. The number of nitrogens with zero attached hydrogens (tertiary/aromatic N) is 5. The first kappa shape index (κ1) is 32.3. The van der Waals surface area contributed by atoms with Gasteiger partial charge in [-0.1, -0.05) is 152 Å². The normalized spacial score (nSPS) is 12.9. The highest BCUT2D eigenvalue weighted by Crippen LogP contribution is 2.63. The number of rotatable bonds is 4. The summed E-state index contributed by atoms with van der Waals surface area (Å²) in [4.78, 5) is 15.7. The average Bonchev–Trinajstić information content (AvgIpc) is 3.90. The lowest BCUT2D eigenvalue weighted by Gasteiger charge is -2.30. The van der Waals surface area contributed by atoms with E-state index in [9.17, 15) is 5.26 Å². The van der Waals surface area contributed by atoms with Crippen LogP contribution in [0.15, 0.2) is 188 Å². The van der Waals surface area contributed by atoms with Crippen molar-refractivity contribution in [2.45, 2.75) is 5.41 Å². The molecule has 0 radical (unpaired) electrons. The van der Waals surface area contributed by atoms with Crippen LogP contribution >= 0.6 is 0 Å². The van der Waals surface area contributed by atoms with Crippen molar-refractivity contribution in [3.63, 3.8) is 0 Å². The third kappa shape index (κ3) is 4.48. The first-order chi connectivity index (χ1) is 28.7. The van der Waals surface area contributed by atoms with Crippen LogP contribution in [-0.4, -0.2) is 19.5 Å². The molecule has 5 nitrogen and oxygen atoms in total. The van der Waals surface area contributed by atoms with E-state index in [1.54, 1.807) is 0 Å². The zero-order valence-electron chi connectivity index (χ0n) is 31.1. The minimum Gasteiger partial charge on any atom is -0.278 e. The monoisotopic (exact) mass is 737 g/mol. The lowest BCUT2D eigenvalue weighted by atomic mass is 9.70. The fraction of sp³-hybridized carbons (Fsp3) is 0.0189. The second kappa shape index (κ2) is 12.3. The zero-order chi connectivity index (χ0) is 38.4. The molecule has 58 heavy (non-hydrogen) atoms. The van der Waals surface area contributed by atoms with Crippen LogP contribution in [-0.2, 0) is 5.41 Å². The number of benzene rings is 8. The fourth-order valence-electron chi connectivity index (χ4n) is 9.69. The van der Waals surface area contributed by atoms with Gasteiger partial charge in [-0.3, -0.25) is 4.57 Å². The van der Waals surface area contributed by atoms with Crippen molar-refractivity contribution in [3.05, 3.63) is 216 Å². The van der Waals surface area contributed by atoms with Gasteiger partial charge < -0.3 is 0 Å². The van der Waals surface area contributed by atoms with E-state index in [0.29, 0.717) is 23.2 Å². The van der Waals surface area contributed by atoms with Crippen LogP contribution in [0.1, 0.15) is 27.8 Å². The Labute approximate surface area is 334 Å². The summed E-state index contributed by atoms with van der Waals surface area (Å²) >= 11 is 0. The Bertz CT molecular complexity index is 3320. The summed E-state index contributed by atoms with van der Waals surface area (Å²) in [5.74, 6) is 1.70. The molecule has 0 aliphatic heterocycles. The summed E-state index contributed by atoms with van der Waals surface area (Å²) in [5.41, 5.74) is 16.1. The Hall–Kier alpha value is -7.94. The van der Waals surface area contributed by atoms with Crippen molar-refractivity contribution in [1.82, 2.24) is 19.5 Å². The molecule has 8 aromatic carbocycles. The third-order valence-corrected chi connectivity index (χ3v) is 12.1. The molecular weight excluding hydrogens is 707 g/mol. The van der Waals surface area contributed by atoms with Gasteiger partial charge in [-0.25, -0.2) is 4.98 Å². The van der Waals surface area contributed by atoms with Crippen molar-refractivity contribution in [3.8, 4) is 68.2 Å². The zero-order valence-corrected chi connectivity index (χ0v) is 31.1. The van der Waals surface area contributed by atoms with Crippen LogP contribution in [0.2, 0.25) is 0 Å². The summed E-state index contributed by atoms with van der Waals surface area (Å²) in [6, 6.07) is 68.4. The molecular formula is C53H31N5. The summed E-state index contributed by atoms with van der Waals surface area (Å²) in [5, 5.41) is 11.9. The predicted molar refractivity (Wildman–Crippen MR) is 231 cm³/mol. The predicted octanol–water partition coefficient (Wildman–Crippen LogP) is 12.2. The number of hydrogen-bond acceptors (Lipinski definition) is 4. The molecule has 268 valence electrons. The minimum absolute atomic E-state index is 0.489. The van der Waals surface area contributed by atoms with Crippen molar-refractivity contribution < 1.29 is 0 Å². The van der Waals surface area contributed by atoms with Crippen molar-refractivity contribution in [2.75, 3.05) is 0 Å². The second-order valence-electron chi connectivity index (χ2n) is 15.1. The first-order valence-electron chi connectivity index (χ1n) is 19.5. The molecule has 0 unspecified atom stereocenters. The fourth-order valence-corrected chi connectivity index (χ4v) is 9.69. The molecule has 0 N–H and O–H groups in total. The van der Waals surface area contributed by atoms with Crippen LogP contribution in [0.25, 0.3) is 83.9 Å². The molecule has 2 aromatic heterocycles. The standard InChI is InChI=1S/C53H31N5/c54-32-33-14-12-17-35(28-33)36-18-13-19-37(29-36)51-55-50(34-15-2-1-3-16-34)56-52(57-51)58-48-27-11-7-23-41(48)43-30-42-40-22-6-10-26-46(40)53(47(42)31-49(43)58)44-24-8-4-20-38(44)39-21-5-9-25-45(39)53/h1-31H. The van der Waals surface area contributed by atoms with Crippen LogP contribution < -0.4 is 0 Å². The highest BCUT2D eigenvalue weighted by atomic mass is 15.2. The first-order valence-corrected chi connectivity index (χ1v) is 19.5. The van der Waals surface area contributed by atoms with E-state index < -0.39 is 5.41 Å². The van der Waals surface area contributed by atoms with Gasteiger partial charge in [0.1, 0.15) is 0 Å². The highest BCUT2D eigenvalue weighted by Gasteiger charge is 2.51. The second-order valence-corrected chi connectivity index (χ2v) is 15.1. The molecule has 0 saturated heterocycles. The smallest absolute Gasteiger partial charge is 0.238 e. The number of fused-ring (bicyclic) bond motifs is 13. The average molecular weight is 738 g/mol. The molecule has 2 aliphatic rings. The number of para-hydroxylation sites is 1. The van der Waals surface area contributed by atoms with Gasteiger partial charge in [-0.05, 0) is 92.0 Å². The molecule has 0 bridgehead atoms. The quantitative estimate of drug-likeness (QED) is 0.180. The molecule has 5 heteroatoms. The summed E-state index contributed by atoms with van der Waals surface area (Å²) in [7, 11) is 0. The van der Waals surface area contributed by atoms with Gasteiger partial charge in [-0.2, -0.15) is 15.2 Å². The third-order valence-electron chi connectivity index (χ3n) is 12.1. The maximum absolute atomic E-state index is 9.62. The van der Waals surface area contributed by atoms with Gasteiger partial charge in [0.15, 0.2) is 11.6 Å². The van der Waals surface area contributed by atoms with E-state index >= 15 is 0 Å². The maximum atomic E-state index is 9.62. The highest BCUT2D eigenvalue weighted by molar-refractivity contribution is 6.12. The van der Waals surface area contributed by atoms with Crippen molar-refractivity contribution >= 4 is 21.8 Å². The van der Waals surface area contributed by atoms with Crippen LogP contribution in [0.4, 0.5) is 0 Å². The van der Waals surface area contributed by atoms with E-state index in [0.717, 1.165) is 44.1 Å². The topological polar surface area (TPSA) is 67.4 Å². The lowest BCUT2D eigenvalue weighted by molar-refractivity contribution is 0.794. The Balaban J connectivity index is 1.15. The van der Waals surface area contributed by atoms with Crippen LogP contribution in [0.5, 0.6) is 0 Å². The number of hydrogen-bond donors (Lipinski definition) is 0. The van der Waals surface area contributed by atoms with Crippen molar-refractivity contribution in [2.24, 2.45) is 0 Å².